The first-order chi connectivity index (χ1) is 20.3. The van der Waals surface area contributed by atoms with E-state index in [0.29, 0.717) is 11.1 Å². The van der Waals surface area contributed by atoms with E-state index in [1.165, 1.54) is 0 Å². The molecule has 11 nitrogen and oxygen atoms in total. The Kier molecular flexibility index (Phi) is 7.54. The van der Waals surface area contributed by atoms with E-state index < -0.39 is 0 Å². The molecule has 11 heteroatoms. The van der Waals surface area contributed by atoms with Gasteiger partial charge in [-0.1, -0.05) is 0 Å². The number of piperazine rings is 1. The van der Waals surface area contributed by atoms with Crippen molar-refractivity contribution in [1.82, 2.24) is 19.9 Å². The number of nitriles is 1. The van der Waals surface area contributed by atoms with E-state index in [-0.39, 0.29) is 30.5 Å². The first-order valence-electron chi connectivity index (χ1n) is 14.9. The number of benzene rings is 1. The summed E-state index contributed by atoms with van der Waals surface area (Å²) < 4.78 is 19.9. The molecular formula is C30H39N9O2. The topological polar surface area (TPSA) is 120 Å². The number of nitrogens with two attached hydrogens (primary N) is 1. The first-order valence-corrected chi connectivity index (χ1v) is 14.4. The van der Waals surface area contributed by atoms with Gasteiger partial charge in [0.15, 0.2) is 0 Å². The zero-order valence-corrected chi connectivity index (χ0v) is 24.0. The Hall–Kier alpha value is -3.56. The lowest BCUT2D eigenvalue weighted by atomic mass is 10.1. The average Bonchev–Trinajstić information content (AvgIpc) is 3.37. The van der Waals surface area contributed by atoms with Gasteiger partial charge in [-0.2, -0.15) is 10.2 Å². The number of aryl methyl sites for hydroxylation is 1. The van der Waals surface area contributed by atoms with Crippen LogP contribution in [0.25, 0.3) is 10.9 Å². The summed E-state index contributed by atoms with van der Waals surface area (Å²) in [6, 6.07) is 11.6. The van der Waals surface area contributed by atoms with E-state index in [1.54, 1.807) is 13.2 Å². The fourth-order valence-corrected chi connectivity index (χ4v) is 6.31. The van der Waals surface area contributed by atoms with Crippen molar-refractivity contribution in [2.45, 2.75) is 38.2 Å². The van der Waals surface area contributed by atoms with Crippen LogP contribution in [0.3, 0.4) is 0 Å². The van der Waals surface area contributed by atoms with Gasteiger partial charge >= 0.3 is 0 Å². The van der Waals surface area contributed by atoms with Crippen molar-refractivity contribution in [3.63, 3.8) is 0 Å². The molecule has 6 rings (SSSR count). The molecule has 3 aromatic rings. The van der Waals surface area contributed by atoms with E-state index in [4.69, 9.17) is 26.5 Å². The van der Waals surface area contributed by atoms with Crippen molar-refractivity contribution in [2.75, 3.05) is 80.7 Å². The molecule has 1 aromatic carbocycles. The van der Waals surface area contributed by atoms with E-state index in [1.807, 2.05) is 31.2 Å². The Labute approximate surface area is 242 Å². The van der Waals surface area contributed by atoms with Crippen LogP contribution in [0.5, 0.6) is 0 Å². The molecule has 0 aliphatic carbocycles. The highest BCUT2D eigenvalue weighted by Gasteiger charge is 2.32. The van der Waals surface area contributed by atoms with Crippen molar-refractivity contribution >= 4 is 28.4 Å². The third kappa shape index (κ3) is 5.78. The predicted molar refractivity (Wildman–Crippen MR) is 159 cm³/mol. The standard InChI is InChI=1S/C30H39N9O2/c1-20-13-28(39-18-25(32)27(19-39)40-3)35-30(34-20)37-11-9-36(10-12-37)16-23-17-38(15-21(2)41-23)26-7-6-22(14-31)29-24(26)5-4-8-33-29/h4-8,13,21,23,25,27H,9-12,15-19,32H2,1-3H3/t21-,23+,25-,27-/m1/s1/i8D. The molecule has 3 fully saturated rings. The molecule has 0 radical (unpaired) electrons. The number of morpholine rings is 1. The number of hydrogen-bond donors (Lipinski definition) is 1. The van der Waals surface area contributed by atoms with Crippen molar-refractivity contribution in [2.24, 2.45) is 5.73 Å². The van der Waals surface area contributed by atoms with E-state index >= 15 is 0 Å². The zero-order valence-electron chi connectivity index (χ0n) is 25.0. The van der Waals surface area contributed by atoms with Gasteiger partial charge in [-0.05, 0) is 38.1 Å². The van der Waals surface area contributed by atoms with E-state index in [0.717, 1.165) is 87.4 Å². The van der Waals surface area contributed by atoms with Crippen LogP contribution in [0.4, 0.5) is 17.5 Å². The molecule has 4 atom stereocenters. The van der Waals surface area contributed by atoms with Crippen LogP contribution >= 0.6 is 0 Å². The fraction of sp³-hybridized carbons (Fsp3) is 0.533. The Balaban J connectivity index is 1.10. The highest BCUT2D eigenvalue weighted by atomic mass is 16.5. The monoisotopic (exact) mass is 558 g/mol. The van der Waals surface area contributed by atoms with Gasteiger partial charge in [0.05, 0.1) is 36.8 Å². The Morgan fingerprint density at radius 2 is 1.93 bits per heavy atom. The van der Waals surface area contributed by atoms with Gasteiger partial charge in [0.1, 0.15) is 11.9 Å². The van der Waals surface area contributed by atoms with Gasteiger partial charge in [-0.3, -0.25) is 9.88 Å². The summed E-state index contributed by atoms with van der Waals surface area (Å²) in [7, 11) is 1.71. The molecule has 5 heterocycles. The fourth-order valence-electron chi connectivity index (χ4n) is 6.31. The predicted octanol–water partition coefficient (Wildman–Crippen LogP) is 1.78. The Bertz CT molecular complexity index is 1480. The molecule has 216 valence electrons. The number of nitrogens with zero attached hydrogens (tertiary/aromatic N) is 8. The number of hydrogen-bond acceptors (Lipinski definition) is 11. The second-order valence-electron chi connectivity index (χ2n) is 11.4. The maximum atomic E-state index is 9.58. The molecule has 0 unspecified atom stereocenters. The summed E-state index contributed by atoms with van der Waals surface area (Å²) in [6.45, 7) is 11.4. The number of fused-ring (bicyclic) bond motifs is 1. The summed E-state index contributed by atoms with van der Waals surface area (Å²) in [5, 5.41) is 10.5. The van der Waals surface area contributed by atoms with Crippen LogP contribution in [0.15, 0.2) is 36.5 Å². The van der Waals surface area contributed by atoms with Crippen molar-refractivity contribution < 1.29 is 10.8 Å². The minimum atomic E-state index is -0.0266. The SMILES string of the molecule is [2H]c1ccc2c(N3C[C@H](CN4CCN(c5nc(C)cc(N6C[C@@H](N)[C@H](OC)C6)n5)CC4)O[C@H](C)C3)ccc(C#N)c2n1. The number of rotatable bonds is 6. The highest BCUT2D eigenvalue weighted by molar-refractivity contribution is 5.95. The normalized spacial score (nSPS) is 25.9. The molecule has 3 aliphatic heterocycles. The van der Waals surface area contributed by atoms with Crippen molar-refractivity contribution in [3.05, 3.63) is 47.8 Å². The molecule has 0 spiro atoms. The van der Waals surface area contributed by atoms with Gasteiger partial charge < -0.3 is 29.9 Å². The van der Waals surface area contributed by atoms with Crippen LogP contribution in [-0.4, -0.2) is 110 Å². The lowest BCUT2D eigenvalue weighted by Gasteiger charge is -2.42. The van der Waals surface area contributed by atoms with Crippen molar-refractivity contribution in [3.8, 4) is 6.07 Å². The molecule has 0 amide bonds. The maximum absolute atomic E-state index is 9.58. The first kappa shape index (κ1) is 26.3. The summed E-state index contributed by atoms with van der Waals surface area (Å²) >= 11 is 0. The number of ether oxygens (including phenoxy) is 2. The van der Waals surface area contributed by atoms with Gasteiger partial charge in [-0.15, -0.1) is 0 Å². The van der Waals surface area contributed by atoms with Crippen LogP contribution in [-0.2, 0) is 9.47 Å². The molecule has 3 aliphatic rings. The lowest BCUT2D eigenvalue weighted by molar-refractivity contribution is -0.0327. The summed E-state index contributed by atoms with van der Waals surface area (Å²) in [4.78, 5) is 23.3. The third-order valence-electron chi connectivity index (χ3n) is 8.36. The second-order valence-corrected chi connectivity index (χ2v) is 11.4. The smallest absolute Gasteiger partial charge is 0.227 e. The molecule has 0 saturated carbocycles. The average molecular weight is 559 g/mol. The zero-order chi connectivity index (χ0) is 29.4. The van der Waals surface area contributed by atoms with Crippen LogP contribution in [0.2, 0.25) is 0 Å². The van der Waals surface area contributed by atoms with Crippen LogP contribution < -0.4 is 20.4 Å². The van der Waals surface area contributed by atoms with Gasteiger partial charge in [0, 0.05) is 95.0 Å². The molecule has 0 bridgehead atoms. The van der Waals surface area contributed by atoms with Crippen molar-refractivity contribution in [1.29, 1.82) is 5.26 Å². The quantitative estimate of drug-likeness (QED) is 0.477. The third-order valence-corrected chi connectivity index (χ3v) is 8.36. The van der Waals surface area contributed by atoms with Gasteiger partial charge in [0.2, 0.25) is 5.95 Å². The maximum Gasteiger partial charge on any atom is 0.227 e. The minimum absolute atomic E-state index is 0.0105. The van der Waals surface area contributed by atoms with Gasteiger partial charge in [0.25, 0.3) is 0 Å². The molecule has 3 saturated heterocycles. The number of aromatic nitrogens is 3. The minimum Gasteiger partial charge on any atom is -0.378 e. The Morgan fingerprint density at radius 1 is 1.10 bits per heavy atom. The number of pyridine rings is 1. The van der Waals surface area contributed by atoms with E-state index in [2.05, 4.69) is 37.6 Å². The summed E-state index contributed by atoms with van der Waals surface area (Å²) in [6.07, 6.45) is 0.283. The highest BCUT2D eigenvalue weighted by Crippen LogP contribution is 2.30. The summed E-state index contributed by atoms with van der Waals surface area (Å²) in [5.41, 5.74) is 9.31. The molecular weight excluding hydrogens is 518 g/mol. The summed E-state index contributed by atoms with van der Waals surface area (Å²) in [5.74, 6) is 1.68. The van der Waals surface area contributed by atoms with Crippen LogP contribution in [0, 0.1) is 18.3 Å². The molecule has 2 N–H and O–H groups in total. The Morgan fingerprint density at radius 3 is 2.68 bits per heavy atom. The van der Waals surface area contributed by atoms with E-state index in [9.17, 15) is 5.26 Å². The molecule has 2 aromatic heterocycles. The lowest BCUT2D eigenvalue weighted by Crippen LogP contribution is -2.54. The number of methoxy groups -OCH3 is 1. The molecule has 41 heavy (non-hydrogen) atoms. The van der Waals surface area contributed by atoms with Crippen LogP contribution in [0.1, 0.15) is 19.6 Å². The largest absolute Gasteiger partial charge is 0.378 e. The second kappa shape index (κ2) is 11.7. The van der Waals surface area contributed by atoms with Gasteiger partial charge in [-0.25, -0.2) is 4.98 Å². The number of anilines is 3.